The van der Waals surface area contributed by atoms with E-state index >= 15 is 0 Å². The van der Waals surface area contributed by atoms with Crippen LogP contribution in [0.2, 0.25) is 0 Å². The molecule has 1 aliphatic heterocycles. The lowest BCUT2D eigenvalue weighted by Gasteiger charge is -2.08. The van der Waals surface area contributed by atoms with Gasteiger partial charge in [-0.25, -0.2) is 4.98 Å². The Bertz CT molecular complexity index is 714. The van der Waals surface area contributed by atoms with Crippen molar-refractivity contribution < 1.29 is 4.74 Å². The fourth-order valence-corrected chi connectivity index (χ4v) is 3.73. The minimum Gasteiger partial charge on any atom is -0.481 e. The Hall–Kier alpha value is -2.07. The molecule has 0 bridgehead atoms. The summed E-state index contributed by atoms with van der Waals surface area (Å²) in [5.74, 6) is 0.546. The van der Waals surface area contributed by atoms with Gasteiger partial charge in [0.25, 0.3) is 0 Å². The minimum atomic E-state index is 0.546. The number of hydrazone groups is 2. The average molecular weight is 394 g/mol. The molecule has 0 saturated heterocycles. The van der Waals surface area contributed by atoms with Crippen LogP contribution in [0.5, 0.6) is 5.88 Å². The summed E-state index contributed by atoms with van der Waals surface area (Å²) >= 11 is 3.16. The molecule has 1 aromatic heterocycles. The van der Waals surface area contributed by atoms with Crippen LogP contribution in [0.4, 0.5) is 0 Å². The van der Waals surface area contributed by atoms with Gasteiger partial charge in [-0.05, 0) is 26.8 Å². The Morgan fingerprint density at radius 2 is 1.73 bits per heavy atom. The summed E-state index contributed by atoms with van der Waals surface area (Å²) in [6, 6.07) is 3.68. The lowest BCUT2D eigenvalue weighted by atomic mass is 10.1. The largest absolute Gasteiger partial charge is 0.481 e. The van der Waals surface area contributed by atoms with Crippen LogP contribution in [-0.2, 0) is 0 Å². The second-order valence-corrected chi connectivity index (χ2v) is 7.23. The highest BCUT2D eigenvalue weighted by Gasteiger charge is 2.12. The first-order valence-electron chi connectivity index (χ1n) is 8.17. The van der Waals surface area contributed by atoms with Gasteiger partial charge in [-0.1, -0.05) is 23.5 Å². The van der Waals surface area contributed by atoms with Crippen LogP contribution in [0.1, 0.15) is 26.3 Å². The fraction of sp³-hybridized carbons (Fsp3) is 0.438. The van der Waals surface area contributed by atoms with E-state index in [1.807, 2.05) is 26.8 Å². The molecule has 1 aromatic rings. The highest BCUT2D eigenvalue weighted by molar-refractivity contribution is 8.29. The summed E-state index contributed by atoms with van der Waals surface area (Å²) in [5.41, 5.74) is 8.28. The summed E-state index contributed by atoms with van der Waals surface area (Å²) in [6.45, 7) is 7.23. The molecule has 2 heterocycles. The zero-order chi connectivity index (χ0) is 18.8. The van der Waals surface area contributed by atoms with Gasteiger partial charge in [-0.15, -0.1) is 0 Å². The van der Waals surface area contributed by atoms with E-state index in [4.69, 9.17) is 4.74 Å². The van der Waals surface area contributed by atoms with Crippen LogP contribution >= 0.6 is 23.5 Å². The van der Waals surface area contributed by atoms with Crippen molar-refractivity contribution in [1.82, 2.24) is 15.8 Å². The molecule has 0 aromatic carbocycles. The number of nitrogens with one attached hydrogen (secondary N) is 2. The third kappa shape index (κ3) is 6.03. The number of aliphatic imine (C=N–C) groups is 2. The summed E-state index contributed by atoms with van der Waals surface area (Å²) in [6.07, 6.45) is 1.71. The molecule has 0 spiro atoms. The SMILES string of the molecule is CCN=C1N/N=C(C)/C(c2ccc(OC)nc2)=N/NC(=NCC)SCS1. The number of pyridine rings is 1. The van der Waals surface area contributed by atoms with Gasteiger partial charge in [0.1, 0.15) is 5.71 Å². The van der Waals surface area contributed by atoms with Crippen LogP contribution in [0.25, 0.3) is 0 Å². The summed E-state index contributed by atoms with van der Waals surface area (Å²) < 4.78 is 5.12. The molecule has 10 heteroatoms. The quantitative estimate of drug-likeness (QED) is 0.816. The van der Waals surface area contributed by atoms with Crippen molar-refractivity contribution in [2.45, 2.75) is 20.8 Å². The maximum absolute atomic E-state index is 5.12. The van der Waals surface area contributed by atoms with E-state index in [0.29, 0.717) is 30.4 Å². The van der Waals surface area contributed by atoms with Crippen molar-refractivity contribution in [3.05, 3.63) is 23.9 Å². The number of rotatable bonds is 4. The highest BCUT2D eigenvalue weighted by Crippen LogP contribution is 2.15. The molecule has 2 rings (SSSR count). The molecule has 140 valence electrons. The molecule has 0 saturated carbocycles. The molecule has 2 N–H and O–H groups in total. The third-order valence-corrected chi connectivity index (χ3v) is 5.07. The number of aromatic nitrogens is 1. The molecule has 0 fully saturated rings. The van der Waals surface area contributed by atoms with Crippen molar-refractivity contribution >= 4 is 45.3 Å². The predicted octanol–water partition coefficient (Wildman–Crippen LogP) is 2.54. The van der Waals surface area contributed by atoms with Crippen LogP contribution in [0, 0.1) is 0 Å². The Kier molecular flexibility index (Phi) is 8.42. The standard InChI is InChI=1S/C16H23N7OS2/c1-5-17-15-22-20-11(3)14(12-7-8-13(24-4)19-9-12)21-23-16(18-6-2)26-10-25-15/h7-9H,5-6,10H2,1-4H3,(H,17,22)(H,18,23)/b20-11+,21-14-. The molecule has 1 aliphatic rings. The lowest BCUT2D eigenvalue weighted by Crippen LogP contribution is -2.23. The third-order valence-electron chi connectivity index (χ3n) is 3.14. The van der Waals surface area contributed by atoms with Gasteiger partial charge in [-0.3, -0.25) is 20.8 Å². The fourth-order valence-electron chi connectivity index (χ4n) is 1.94. The van der Waals surface area contributed by atoms with E-state index in [9.17, 15) is 0 Å². The topological polar surface area (TPSA) is 95.6 Å². The average Bonchev–Trinajstić information content (AvgIpc) is 2.69. The van der Waals surface area contributed by atoms with Crippen molar-refractivity contribution in [3.63, 3.8) is 0 Å². The molecule has 0 amide bonds. The predicted molar refractivity (Wildman–Crippen MR) is 113 cm³/mol. The van der Waals surface area contributed by atoms with E-state index in [2.05, 4.69) is 36.0 Å². The highest BCUT2D eigenvalue weighted by atomic mass is 32.2. The minimum absolute atomic E-state index is 0.546. The van der Waals surface area contributed by atoms with Crippen molar-refractivity contribution in [2.24, 2.45) is 20.2 Å². The molecular formula is C16H23N7OS2. The van der Waals surface area contributed by atoms with Gasteiger partial charge >= 0.3 is 0 Å². The Balaban J connectivity index is 2.39. The number of methoxy groups -OCH3 is 1. The van der Waals surface area contributed by atoms with Gasteiger partial charge in [0.05, 0.1) is 17.9 Å². The van der Waals surface area contributed by atoms with E-state index in [1.54, 1.807) is 42.9 Å². The Morgan fingerprint density at radius 1 is 1.08 bits per heavy atom. The Labute approximate surface area is 162 Å². The first-order chi connectivity index (χ1) is 12.7. The van der Waals surface area contributed by atoms with Crippen LogP contribution in [-0.4, -0.2) is 52.0 Å². The van der Waals surface area contributed by atoms with Crippen molar-refractivity contribution in [1.29, 1.82) is 0 Å². The van der Waals surface area contributed by atoms with E-state index in [-0.39, 0.29) is 0 Å². The summed E-state index contributed by atoms with van der Waals surface area (Å²) in [7, 11) is 1.58. The van der Waals surface area contributed by atoms with Crippen molar-refractivity contribution in [2.75, 3.05) is 25.3 Å². The number of nitrogens with zero attached hydrogens (tertiary/aromatic N) is 5. The van der Waals surface area contributed by atoms with Crippen molar-refractivity contribution in [3.8, 4) is 5.88 Å². The van der Waals surface area contributed by atoms with Crippen LogP contribution < -0.4 is 15.6 Å². The van der Waals surface area contributed by atoms with Gasteiger partial charge in [0, 0.05) is 30.9 Å². The lowest BCUT2D eigenvalue weighted by molar-refractivity contribution is 0.398. The molecule has 0 radical (unpaired) electrons. The normalized spacial score (nSPS) is 23.1. The molecule has 0 atom stereocenters. The first-order valence-corrected chi connectivity index (χ1v) is 10.1. The molecule has 26 heavy (non-hydrogen) atoms. The maximum atomic E-state index is 5.12. The zero-order valence-corrected chi connectivity index (χ0v) is 16.9. The molecule has 8 nitrogen and oxygen atoms in total. The zero-order valence-electron chi connectivity index (χ0n) is 15.3. The van der Waals surface area contributed by atoms with E-state index in [0.717, 1.165) is 21.0 Å². The summed E-state index contributed by atoms with van der Waals surface area (Å²) in [5, 5.41) is 11.2. The first kappa shape index (κ1) is 20.2. The molecule has 0 aliphatic carbocycles. The monoisotopic (exact) mass is 393 g/mol. The van der Waals surface area contributed by atoms with Gasteiger partial charge < -0.3 is 4.74 Å². The van der Waals surface area contributed by atoms with Gasteiger partial charge in [0.2, 0.25) is 5.88 Å². The maximum Gasteiger partial charge on any atom is 0.212 e. The molecule has 0 unspecified atom stereocenters. The van der Waals surface area contributed by atoms with Gasteiger partial charge in [0.15, 0.2) is 10.3 Å². The number of amidine groups is 2. The second-order valence-electron chi connectivity index (χ2n) is 4.94. The van der Waals surface area contributed by atoms with Gasteiger partial charge in [-0.2, -0.15) is 10.2 Å². The second kappa shape index (κ2) is 10.8. The van der Waals surface area contributed by atoms with Crippen LogP contribution in [0.3, 0.4) is 0 Å². The van der Waals surface area contributed by atoms with E-state index in [1.165, 1.54) is 0 Å². The molecular weight excluding hydrogens is 370 g/mol. The summed E-state index contributed by atoms with van der Waals surface area (Å²) in [4.78, 5) is 13.1. The number of ether oxygens (including phenoxy) is 1. The number of thioether (sulfide) groups is 2. The Morgan fingerprint density at radius 3 is 2.27 bits per heavy atom. The van der Waals surface area contributed by atoms with E-state index < -0.39 is 0 Å². The smallest absolute Gasteiger partial charge is 0.212 e. The number of hydrogen-bond donors (Lipinski definition) is 2. The van der Waals surface area contributed by atoms with Crippen LogP contribution in [0.15, 0.2) is 38.5 Å². The number of hydrogen-bond acceptors (Lipinski definition) is 8.